The van der Waals surface area contributed by atoms with E-state index in [0.29, 0.717) is 13.1 Å². The Hall–Kier alpha value is -2.34. The van der Waals surface area contributed by atoms with Gasteiger partial charge in [0.05, 0.1) is 6.54 Å². The maximum atomic E-state index is 13.6. The largest absolute Gasteiger partial charge is 0.333 e. The van der Waals surface area contributed by atoms with E-state index in [1.54, 1.807) is 16.2 Å². The third-order valence-electron chi connectivity index (χ3n) is 8.10. The Labute approximate surface area is 207 Å². The SMILES string of the molecule is CC(C)N(CC(=O)N(Cc1ccccc1)Cc1cccs1)C(=O)NC12CC3CC(CC(C3)C1)C2. The van der Waals surface area contributed by atoms with Crippen LogP contribution in [0, 0.1) is 17.8 Å². The predicted molar refractivity (Wildman–Crippen MR) is 136 cm³/mol. The Morgan fingerprint density at radius 3 is 2.18 bits per heavy atom. The maximum absolute atomic E-state index is 13.6. The van der Waals surface area contributed by atoms with Crippen LogP contribution in [0.15, 0.2) is 47.8 Å². The van der Waals surface area contributed by atoms with Gasteiger partial charge in [-0.3, -0.25) is 4.79 Å². The van der Waals surface area contributed by atoms with E-state index in [9.17, 15) is 9.59 Å². The highest BCUT2D eigenvalue weighted by Crippen LogP contribution is 2.55. The standard InChI is InChI=1S/C28H37N3O2S/c1-20(2)31(27(33)29-28-14-22-11-23(15-28)13-24(12-22)16-28)19-26(32)30(18-25-9-6-10-34-25)17-21-7-4-3-5-8-21/h3-10,20,22-24H,11-19H2,1-2H3,(H,29,33). The molecule has 6 heteroatoms. The molecule has 4 fully saturated rings. The quantitative estimate of drug-likeness (QED) is 0.531. The summed E-state index contributed by atoms with van der Waals surface area (Å²) in [6.07, 6.45) is 7.38. The Morgan fingerprint density at radius 1 is 0.971 bits per heavy atom. The first-order chi connectivity index (χ1) is 16.4. The van der Waals surface area contributed by atoms with E-state index in [2.05, 4.69) is 23.5 Å². The van der Waals surface area contributed by atoms with Gasteiger partial charge < -0.3 is 15.1 Å². The predicted octanol–water partition coefficient (Wildman–Crippen LogP) is 5.67. The van der Waals surface area contributed by atoms with Crippen molar-refractivity contribution >= 4 is 23.3 Å². The minimum absolute atomic E-state index is 0.00776. The Kier molecular flexibility index (Phi) is 6.70. The average molecular weight is 480 g/mol. The minimum Gasteiger partial charge on any atom is -0.333 e. The summed E-state index contributed by atoms with van der Waals surface area (Å²) in [5.41, 5.74) is 1.05. The number of hydrogen-bond acceptors (Lipinski definition) is 3. The summed E-state index contributed by atoms with van der Waals surface area (Å²) in [5, 5.41) is 5.51. The first-order valence-corrected chi connectivity index (χ1v) is 13.7. The molecule has 0 spiro atoms. The van der Waals surface area contributed by atoms with Gasteiger partial charge in [-0.05, 0) is 87.1 Å². The summed E-state index contributed by atoms with van der Waals surface area (Å²) >= 11 is 1.66. The highest BCUT2D eigenvalue weighted by Gasteiger charge is 2.52. The molecular weight excluding hydrogens is 442 g/mol. The molecule has 5 nitrogen and oxygen atoms in total. The van der Waals surface area contributed by atoms with Crippen molar-refractivity contribution in [3.05, 3.63) is 58.3 Å². The summed E-state index contributed by atoms with van der Waals surface area (Å²) < 4.78 is 0. The molecule has 4 bridgehead atoms. The van der Waals surface area contributed by atoms with Crippen LogP contribution in [0.3, 0.4) is 0 Å². The lowest BCUT2D eigenvalue weighted by atomic mass is 9.53. The second kappa shape index (κ2) is 9.73. The molecule has 0 aliphatic heterocycles. The van der Waals surface area contributed by atoms with Crippen LogP contribution in [-0.2, 0) is 17.9 Å². The molecule has 4 saturated carbocycles. The van der Waals surface area contributed by atoms with Crippen molar-refractivity contribution in [2.45, 2.75) is 77.0 Å². The summed E-state index contributed by atoms with van der Waals surface area (Å²) in [4.78, 5) is 31.9. The first kappa shape index (κ1) is 23.4. The molecule has 1 N–H and O–H groups in total. The summed E-state index contributed by atoms with van der Waals surface area (Å²) in [6, 6.07) is 14.1. The minimum atomic E-state index is -0.0684. The van der Waals surface area contributed by atoms with E-state index in [1.807, 2.05) is 48.4 Å². The fourth-order valence-corrected chi connectivity index (χ4v) is 7.64. The lowest BCUT2D eigenvalue weighted by Crippen LogP contribution is -2.63. The molecule has 2 aromatic rings. The van der Waals surface area contributed by atoms with Crippen LogP contribution in [0.2, 0.25) is 0 Å². The number of thiophene rings is 1. The van der Waals surface area contributed by atoms with E-state index in [4.69, 9.17) is 0 Å². The van der Waals surface area contributed by atoms with Crippen LogP contribution in [0.4, 0.5) is 4.79 Å². The molecule has 3 amide bonds. The number of carbonyl (C=O) groups excluding carboxylic acids is 2. The zero-order valence-corrected chi connectivity index (χ0v) is 21.2. The van der Waals surface area contributed by atoms with Gasteiger partial charge in [0.2, 0.25) is 5.91 Å². The van der Waals surface area contributed by atoms with Crippen LogP contribution in [0.1, 0.15) is 62.8 Å². The fourth-order valence-electron chi connectivity index (χ4n) is 6.92. The van der Waals surface area contributed by atoms with E-state index >= 15 is 0 Å². The average Bonchev–Trinajstić information content (AvgIpc) is 3.29. The molecule has 4 aliphatic carbocycles. The van der Waals surface area contributed by atoms with Crippen LogP contribution in [0.5, 0.6) is 0 Å². The molecule has 1 aromatic heterocycles. The van der Waals surface area contributed by atoms with Crippen molar-refractivity contribution in [3.8, 4) is 0 Å². The van der Waals surface area contributed by atoms with Crippen LogP contribution >= 0.6 is 11.3 Å². The smallest absolute Gasteiger partial charge is 0.318 e. The zero-order chi connectivity index (χ0) is 23.7. The molecule has 1 heterocycles. The molecule has 0 radical (unpaired) electrons. The van der Waals surface area contributed by atoms with Crippen molar-refractivity contribution in [3.63, 3.8) is 0 Å². The van der Waals surface area contributed by atoms with Gasteiger partial charge >= 0.3 is 6.03 Å². The highest BCUT2D eigenvalue weighted by molar-refractivity contribution is 7.09. The molecule has 6 rings (SSSR count). The molecule has 182 valence electrons. The van der Waals surface area contributed by atoms with Crippen molar-refractivity contribution in [2.24, 2.45) is 17.8 Å². The van der Waals surface area contributed by atoms with Crippen molar-refractivity contribution in [1.82, 2.24) is 15.1 Å². The fraction of sp³-hybridized carbons (Fsp3) is 0.571. The van der Waals surface area contributed by atoms with Gasteiger partial charge in [0.15, 0.2) is 0 Å². The van der Waals surface area contributed by atoms with Gasteiger partial charge in [-0.25, -0.2) is 4.79 Å². The number of urea groups is 1. The third kappa shape index (κ3) is 5.17. The number of carbonyl (C=O) groups is 2. The number of amides is 3. The number of hydrogen-bond donors (Lipinski definition) is 1. The van der Waals surface area contributed by atoms with Gasteiger partial charge in [-0.1, -0.05) is 36.4 Å². The molecule has 0 atom stereocenters. The first-order valence-electron chi connectivity index (χ1n) is 12.8. The normalized spacial score (nSPS) is 27.1. The Bertz CT molecular complexity index is 953. The van der Waals surface area contributed by atoms with Crippen LogP contribution < -0.4 is 5.32 Å². The number of nitrogens with zero attached hydrogens (tertiary/aromatic N) is 2. The highest BCUT2D eigenvalue weighted by atomic mass is 32.1. The number of benzene rings is 1. The van der Waals surface area contributed by atoms with Crippen molar-refractivity contribution < 1.29 is 9.59 Å². The van der Waals surface area contributed by atoms with E-state index < -0.39 is 0 Å². The summed E-state index contributed by atoms with van der Waals surface area (Å²) in [5.74, 6) is 2.31. The summed E-state index contributed by atoms with van der Waals surface area (Å²) in [6.45, 7) is 5.23. The van der Waals surface area contributed by atoms with E-state index in [1.165, 1.54) is 19.3 Å². The molecule has 0 unspecified atom stereocenters. The third-order valence-corrected chi connectivity index (χ3v) is 8.96. The lowest BCUT2D eigenvalue weighted by Gasteiger charge is -2.57. The van der Waals surface area contributed by atoms with Gasteiger partial charge in [0.25, 0.3) is 0 Å². The maximum Gasteiger partial charge on any atom is 0.318 e. The van der Waals surface area contributed by atoms with Gasteiger partial charge in [-0.2, -0.15) is 0 Å². The van der Waals surface area contributed by atoms with Crippen LogP contribution in [0.25, 0.3) is 0 Å². The Morgan fingerprint density at radius 2 is 1.62 bits per heavy atom. The molecule has 1 aromatic carbocycles. The second-order valence-electron chi connectivity index (χ2n) is 11.2. The summed E-state index contributed by atoms with van der Waals surface area (Å²) in [7, 11) is 0. The molecule has 34 heavy (non-hydrogen) atoms. The van der Waals surface area contributed by atoms with Crippen molar-refractivity contribution in [2.75, 3.05) is 6.54 Å². The van der Waals surface area contributed by atoms with Gasteiger partial charge in [0, 0.05) is 23.0 Å². The van der Waals surface area contributed by atoms with Gasteiger partial charge in [-0.15, -0.1) is 11.3 Å². The van der Waals surface area contributed by atoms with E-state index in [-0.39, 0.29) is 30.1 Å². The Balaban J connectivity index is 1.28. The molecule has 0 saturated heterocycles. The van der Waals surface area contributed by atoms with Crippen LogP contribution in [-0.4, -0.2) is 39.9 Å². The number of rotatable bonds is 8. The topological polar surface area (TPSA) is 52.7 Å². The van der Waals surface area contributed by atoms with Gasteiger partial charge in [0.1, 0.15) is 6.54 Å². The lowest BCUT2D eigenvalue weighted by molar-refractivity contribution is -0.133. The molecule has 4 aliphatic rings. The zero-order valence-electron chi connectivity index (χ0n) is 20.4. The van der Waals surface area contributed by atoms with Crippen molar-refractivity contribution in [1.29, 1.82) is 0 Å². The number of nitrogens with one attached hydrogen (secondary N) is 1. The molecular formula is C28H37N3O2S. The second-order valence-corrected chi connectivity index (χ2v) is 12.2. The monoisotopic (exact) mass is 479 g/mol. The van der Waals surface area contributed by atoms with E-state index in [0.717, 1.165) is 47.5 Å².